The number of halogens is 1. The van der Waals surface area contributed by atoms with Crippen LogP contribution in [0.25, 0.3) is 10.4 Å². The summed E-state index contributed by atoms with van der Waals surface area (Å²) in [4.78, 5) is 31.0. The van der Waals surface area contributed by atoms with Crippen molar-refractivity contribution in [2.24, 2.45) is 17.3 Å². The second-order valence-corrected chi connectivity index (χ2v) is 11.7. The highest BCUT2D eigenvalue weighted by molar-refractivity contribution is 7.15. The topological polar surface area (TPSA) is 80.3 Å². The number of carbonyl (C=O) groups excluding carboxylic acids is 2. The normalized spacial score (nSPS) is 28.1. The Morgan fingerprint density at radius 2 is 1.75 bits per heavy atom. The number of esters is 1. The largest absolute Gasteiger partial charge is 0.469 e. The van der Waals surface area contributed by atoms with Crippen LogP contribution in [-0.4, -0.2) is 24.1 Å². The van der Waals surface area contributed by atoms with Crippen LogP contribution in [0.15, 0.2) is 54.7 Å². The molecule has 0 spiro atoms. The molecule has 36 heavy (non-hydrogen) atoms. The first-order chi connectivity index (χ1) is 17.4. The monoisotopic (exact) mass is 505 g/mol. The number of rotatable bonds is 5. The number of methoxy groups -OCH3 is 1. The van der Waals surface area contributed by atoms with Gasteiger partial charge in [0.15, 0.2) is 0 Å². The number of carbonyl (C=O) groups is 2. The van der Waals surface area contributed by atoms with Crippen molar-refractivity contribution < 1.29 is 18.7 Å². The van der Waals surface area contributed by atoms with Gasteiger partial charge in [-0.05, 0) is 80.2 Å². The molecular weight excluding hydrogens is 477 g/mol. The van der Waals surface area contributed by atoms with E-state index in [-0.39, 0.29) is 22.5 Å². The van der Waals surface area contributed by atoms with Crippen LogP contribution in [0, 0.1) is 23.1 Å². The number of nitrogens with zero attached hydrogens (tertiary/aromatic N) is 1. The number of hydrogen-bond donors (Lipinski definition) is 2. The Balaban J connectivity index is 1.18. The maximum atomic E-state index is 13.8. The molecular formula is C28H28FN3O3S. The summed E-state index contributed by atoms with van der Waals surface area (Å²) >= 11 is 1.71. The van der Waals surface area contributed by atoms with Gasteiger partial charge >= 0.3 is 12.0 Å². The van der Waals surface area contributed by atoms with Gasteiger partial charge in [0.05, 0.1) is 28.1 Å². The Kier molecular flexibility index (Phi) is 5.59. The van der Waals surface area contributed by atoms with Gasteiger partial charge in [-0.1, -0.05) is 24.3 Å². The van der Waals surface area contributed by atoms with Crippen LogP contribution in [0.1, 0.15) is 43.5 Å². The summed E-state index contributed by atoms with van der Waals surface area (Å²) in [7, 11) is 1.51. The number of amides is 2. The van der Waals surface area contributed by atoms with Crippen molar-refractivity contribution in [3.8, 4) is 10.4 Å². The van der Waals surface area contributed by atoms with Crippen molar-refractivity contribution in [2.45, 2.75) is 43.9 Å². The molecule has 8 heteroatoms. The van der Waals surface area contributed by atoms with Crippen molar-refractivity contribution in [3.63, 3.8) is 0 Å². The molecule has 2 amide bonds. The van der Waals surface area contributed by atoms with Crippen LogP contribution in [0.5, 0.6) is 0 Å². The van der Waals surface area contributed by atoms with Crippen LogP contribution in [0.2, 0.25) is 0 Å². The summed E-state index contributed by atoms with van der Waals surface area (Å²) in [6.45, 7) is 0. The standard InChI is InChI=1S/C28H28FN3O3S/c1-35-25(33)28-13-17-10-18(14-28)12-27(11-17,16-28)24-30-15-23(36-24)19-6-8-20(9-7-19)31-26(34)32-22-5-3-2-4-21(22)29/h2-9,15,17-18H,10-14,16H2,1H3,(H2,31,32,34). The molecule has 4 fully saturated rings. The molecule has 2 unspecified atom stereocenters. The molecule has 6 nitrogen and oxygen atoms in total. The number of urea groups is 1. The minimum Gasteiger partial charge on any atom is -0.469 e. The lowest BCUT2D eigenvalue weighted by atomic mass is 9.44. The molecule has 4 bridgehead atoms. The highest BCUT2D eigenvalue weighted by atomic mass is 32.1. The number of para-hydroxylation sites is 1. The molecule has 1 heterocycles. The van der Waals surface area contributed by atoms with E-state index in [4.69, 9.17) is 9.72 Å². The highest BCUT2D eigenvalue weighted by Gasteiger charge is 2.62. The lowest BCUT2D eigenvalue weighted by Crippen LogP contribution is -2.57. The molecule has 2 atom stereocenters. The molecule has 186 valence electrons. The number of thiazole rings is 1. The van der Waals surface area contributed by atoms with Gasteiger partial charge in [0.2, 0.25) is 0 Å². The second kappa shape index (κ2) is 8.69. The molecule has 4 aliphatic carbocycles. The summed E-state index contributed by atoms with van der Waals surface area (Å²) in [6, 6.07) is 13.1. The maximum absolute atomic E-state index is 13.8. The summed E-state index contributed by atoms with van der Waals surface area (Å²) in [5.74, 6) is 0.609. The van der Waals surface area contributed by atoms with E-state index in [9.17, 15) is 14.0 Å². The zero-order valence-electron chi connectivity index (χ0n) is 20.1. The van der Waals surface area contributed by atoms with Gasteiger partial charge in [-0.25, -0.2) is 14.2 Å². The highest BCUT2D eigenvalue weighted by Crippen LogP contribution is 2.66. The third-order valence-corrected chi connectivity index (χ3v) is 9.48. The molecule has 0 aliphatic heterocycles. The van der Waals surface area contributed by atoms with Crippen LogP contribution in [-0.2, 0) is 14.9 Å². The summed E-state index contributed by atoms with van der Waals surface area (Å²) in [6.07, 6.45) is 8.11. The van der Waals surface area contributed by atoms with Crippen molar-refractivity contribution in [2.75, 3.05) is 17.7 Å². The Morgan fingerprint density at radius 3 is 2.44 bits per heavy atom. The minimum absolute atomic E-state index is 0.0342. The summed E-state index contributed by atoms with van der Waals surface area (Å²) in [5.41, 5.74) is 1.38. The molecule has 4 aliphatic rings. The van der Waals surface area contributed by atoms with Crippen LogP contribution in [0.3, 0.4) is 0 Å². The van der Waals surface area contributed by atoms with E-state index in [1.165, 1.54) is 25.7 Å². The van der Waals surface area contributed by atoms with Crippen LogP contribution >= 0.6 is 11.3 Å². The number of nitrogens with one attached hydrogen (secondary N) is 2. The molecule has 7 rings (SSSR count). The molecule has 2 aromatic carbocycles. The van der Waals surface area contributed by atoms with Gasteiger partial charge in [0.1, 0.15) is 5.82 Å². The fourth-order valence-corrected chi connectivity index (χ4v) is 8.31. The average molecular weight is 506 g/mol. The first kappa shape index (κ1) is 23.2. The zero-order valence-corrected chi connectivity index (χ0v) is 20.9. The van der Waals surface area contributed by atoms with Gasteiger partial charge in [-0.15, -0.1) is 11.3 Å². The Bertz CT molecular complexity index is 1310. The Labute approximate surface area is 213 Å². The Morgan fingerprint density at radius 1 is 1.03 bits per heavy atom. The number of hydrogen-bond acceptors (Lipinski definition) is 5. The predicted molar refractivity (Wildman–Crippen MR) is 137 cm³/mol. The average Bonchev–Trinajstić information content (AvgIpc) is 3.36. The summed E-state index contributed by atoms with van der Waals surface area (Å²) in [5, 5.41) is 6.39. The lowest BCUT2D eigenvalue weighted by Gasteiger charge is -2.60. The fourth-order valence-electron chi connectivity index (χ4n) is 7.19. The third-order valence-electron chi connectivity index (χ3n) is 8.19. The van der Waals surface area contributed by atoms with E-state index in [0.717, 1.165) is 47.6 Å². The Hall–Kier alpha value is -3.26. The minimum atomic E-state index is -0.505. The summed E-state index contributed by atoms with van der Waals surface area (Å²) < 4.78 is 19.0. The van der Waals surface area contributed by atoms with Gasteiger partial charge in [0.25, 0.3) is 0 Å². The quantitative estimate of drug-likeness (QED) is 0.383. The van der Waals surface area contributed by atoms with Crippen molar-refractivity contribution in [1.82, 2.24) is 4.98 Å². The number of benzene rings is 2. The molecule has 4 saturated carbocycles. The fraction of sp³-hybridized carbons (Fsp3) is 0.393. The predicted octanol–water partition coefficient (Wildman–Crippen LogP) is 6.60. The van der Waals surface area contributed by atoms with Crippen molar-refractivity contribution >= 4 is 34.7 Å². The number of aromatic nitrogens is 1. The van der Waals surface area contributed by atoms with E-state index in [0.29, 0.717) is 17.5 Å². The third kappa shape index (κ3) is 3.97. The van der Waals surface area contributed by atoms with Gasteiger partial charge < -0.3 is 15.4 Å². The van der Waals surface area contributed by atoms with Crippen molar-refractivity contribution in [3.05, 3.63) is 65.6 Å². The molecule has 0 radical (unpaired) electrons. The van der Waals surface area contributed by atoms with Crippen LogP contribution in [0.4, 0.5) is 20.6 Å². The first-order valence-electron chi connectivity index (χ1n) is 12.4. The van der Waals surface area contributed by atoms with Gasteiger partial charge in [0, 0.05) is 17.3 Å². The lowest BCUT2D eigenvalue weighted by molar-refractivity contribution is -0.171. The zero-order chi connectivity index (χ0) is 24.9. The molecule has 3 aromatic rings. The van der Waals surface area contributed by atoms with Crippen LogP contribution < -0.4 is 10.6 Å². The van der Waals surface area contributed by atoms with Gasteiger partial charge in [-0.3, -0.25) is 4.79 Å². The van der Waals surface area contributed by atoms with Crippen molar-refractivity contribution in [1.29, 1.82) is 0 Å². The van der Waals surface area contributed by atoms with E-state index in [1.807, 2.05) is 30.5 Å². The SMILES string of the molecule is COC(=O)C12CC3CC(C1)CC(c1ncc(-c4ccc(NC(=O)Nc5ccccc5F)cc4)s1)(C3)C2. The first-order valence-corrected chi connectivity index (χ1v) is 13.2. The smallest absolute Gasteiger partial charge is 0.323 e. The second-order valence-electron chi connectivity index (χ2n) is 10.7. The van der Waals surface area contributed by atoms with E-state index >= 15 is 0 Å². The number of anilines is 2. The molecule has 1 aromatic heterocycles. The van der Waals surface area contributed by atoms with E-state index in [2.05, 4.69) is 10.6 Å². The van der Waals surface area contributed by atoms with Gasteiger partial charge in [-0.2, -0.15) is 0 Å². The van der Waals surface area contributed by atoms with E-state index in [1.54, 1.807) is 23.5 Å². The molecule has 0 saturated heterocycles. The molecule has 2 N–H and O–H groups in total. The van der Waals surface area contributed by atoms with E-state index < -0.39 is 11.8 Å². The maximum Gasteiger partial charge on any atom is 0.323 e. The number of ether oxygens (including phenoxy) is 1.